The van der Waals surface area contributed by atoms with E-state index in [0.717, 1.165) is 37.2 Å². The summed E-state index contributed by atoms with van der Waals surface area (Å²) in [4.78, 5) is 0. The summed E-state index contributed by atoms with van der Waals surface area (Å²) in [6, 6.07) is 6.01. The molecule has 0 aromatic heterocycles. The molecule has 5 heteroatoms. The van der Waals surface area contributed by atoms with Gasteiger partial charge in [0.05, 0.1) is 0 Å². The molecule has 4 nitrogen and oxygen atoms in total. The first kappa shape index (κ1) is 21.0. The molecule has 0 saturated carbocycles. The zero-order chi connectivity index (χ0) is 17.8. The molecule has 138 valence electrons. The van der Waals surface area contributed by atoms with Crippen LogP contribution in [0.3, 0.4) is 0 Å². The van der Waals surface area contributed by atoms with Crippen LogP contribution in [-0.2, 0) is 17.2 Å². The minimum atomic E-state index is -0.743. The summed E-state index contributed by atoms with van der Waals surface area (Å²) in [6.45, 7) is 4.61. The number of aliphatic hydroxyl groups is 1. The minimum absolute atomic E-state index is 0.191. The molecule has 1 aliphatic heterocycles. The van der Waals surface area contributed by atoms with Crippen LogP contribution >= 0.6 is 0 Å². The molecule has 1 aromatic rings. The Morgan fingerprint density at radius 3 is 2.50 bits per heavy atom. The van der Waals surface area contributed by atoms with E-state index in [1.807, 2.05) is 18.2 Å². The van der Waals surface area contributed by atoms with Crippen molar-refractivity contribution in [2.45, 2.75) is 64.0 Å². The Morgan fingerprint density at radius 1 is 1.08 bits per heavy atom. The fourth-order valence-corrected chi connectivity index (χ4v) is 3.99. The van der Waals surface area contributed by atoms with Crippen LogP contribution in [0.4, 0.5) is 0 Å². The Labute approximate surface area is 149 Å². The summed E-state index contributed by atoms with van der Waals surface area (Å²) in [7, 11) is 0.257. The van der Waals surface area contributed by atoms with E-state index in [4.69, 9.17) is 14.6 Å². The lowest BCUT2D eigenvalue weighted by molar-refractivity contribution is 0.174. The molecular formula is C19H32O4S. The summed E-state index contributed by atoms with van der Waals surface area (Å²) in [5.41, 5.74) is 1.17. The van der Waals surface area contributed by atoms with Gasteiger partial charge < -0.3 is 14.6 Å². The van der Waals surface area contributed by atoms with Crippen LogP contribution in [0.5, 0.6) is 11.5 Å². The summed E-state index contributed by atoms with van der Waals surface area (Å²) >= 11 is 0. The van der Waals surface area contributed by atoms with Crippen molar-refractivity contribution in [3.05, 3.63) is 23.8 Å². The smallest absolute Gasteiger partial charge is 0.231 e. The van der Waals surface area contributed by atoms with Gasteiger partial charge in [0.15, 0.2) is 11.5 Å². The Bertz CT molecular complexity index is 490. The molecule has 2 unspecified atom stereocenters. The Kier molecular flexibility index (Phi) is 10.8. The summed E-state index contributed by atoms with van der Waals surface area (Å²) in [5, 5.41) is 7.19. The van der Waals surface area contributed by atoms with E-state index in [-0.39, 0.29) is 5.25 Å². The molecule has 0 aliphatic carbocycles. The second kappa shape index (κ2) is 12.3. The first-order chi connectivity index (χ1) is 11.7. The second-order valence-electron chi connectivity index (χ2n) is 6.05. The normalized spacial score (nSPS) is 14.7. The maximum atomic E-state index is 12.3. The first-order valence-electron chi connectivity index (χ1n) is 8.91. The van der Waals surface area contributed by atoms with Crippen LogP contribution in [0.2, 0.25) is 0 Å². The molecule has 24 heavy (non-hydrogen) atoms. The molecular weight excluding hydrogens is 324 g/mol. The van der Waals surface area contributed by atoms with Gasteiger partial charge >= 0.3 is 0 Å². The van der Waals surface area contributed by atoms with Gasteiger partial charge in [0.25, 0.3) is 0 Å². The van der Waals surface area contributed by atoms with Gasteiger partial charge in [0.2, 0.25) is 6.79 Å². The number of ether oxygens (including phenoxy) is 2. The van der Waals surface area contributed by atoms with Gasteiger partial charge in [-0.25, -0.2) is 0 Å². The number of fused-ring (bicyclic) bond motifs is 1. The third-order valence-electron chi connectivity index (χ3n) is 4.11. The quantitative estimate of drug-likeness (QED) is 0.642. The molecule has 0 spiro atoms. The number of hydrogen-bond donors (Lipinski definition) is 1. The minimum Gasteiger partial charge on any atom is -0.454 e. The Morgan fingerprint density at radius 2 is 1.75 bits per heavy atom. The number of hydrogen-bond acceptors (Lipinski definition) is 4. The summed E-state index contributed by atoms with van der Waals surface area (Å²) < 4.78 is 23.0. The van der Waals surface area contributed by atoms with E-state index in [1.54, 1.807) is 0 Å². The van der Waals surface area contributed by atoms with Crippen LogP contribution in [0.25, 0.3) is 0 Å². The van der Waals surface area contributed by atoms with Crippen LogP contribution in [0, 0.1) is 0 Å². The zero-order valence-electron chi connectivity index (χ0n) is 15.3. The summed E-state index contributed by atoms with van der Waals surface area (Å²) in [6.07, 6.45) is 8.32. The van der Waals surface area contributed by atoms with E-state index >= 15 is 0 Å². The molecule has 2 rings (SSSR count). The second-order valence-corrected chi connectivity index (χ2v) is 8.03. The van der Waals surface area contributed by atoms with Gasteiger partial charge in [-0.05, 0) is 30.5 Å². The van der Waals surface area contributed by atoms with E-state index in [0.29, 0.717) is 6.79 Å². The lowest BCUT2D eigenvalue weighted by Gasteiger charge is -2.12. The van der Waals surface area contributed by atoms with Crippen molar-refractivity contribution >= 4 is 10.8 Å². The standard InChI is InChI=1S/C18H28O3S.CH4O/c1-3-4-5-6-7-8-11-22(19)15(2)12-16-9-10-17-18(13-16)21-14-20-17;1-2/h9-10,13,15H,3-8,11-12,14H2,1-2H3;2H,1H3. The van der Waals surface area contributed by atoms with Gasteiger partial charge in [0.1, 0.15) is 0 Å². The summed E-state index contributed by atoms with van der Waals surface area (Å²) in [5.74, 6) is 2.45. The molecule has 2 atom stereocenters. The zero-order valence-corrected chi connectivity index (χ0v) is 16.1. The van der Waals surface area contributed by atoms with Gasteiger partial charge in [0, 0.05) is 28.9 Å². The molecule has 1 heterocycles. The molecule has 1 aromatic carbocycles. The highest BCUT2D eigenvalue weighted by molar-refractivity contribution is 7.85. The molecule has 1 N–H and O–H groups in total. The van der Waals surface area contributed by atoms with Crippen LogP contribution in [0.15, 0.2) is 18.2 Å². The Balaban J connectivity index is 0.00000139. The predicted octanol–water partition coefficient (Wildman–Crippen LogP) is 4.06. The molecule has 1 aliphatic rings. The van der Waals surface area contributed by atoms with Crippen LogP contribution in [0.1, 0.15) is 57.9 Å². The number of unbranched alkanes of at least 4 members (excludes halogenated alkanes) is 5. The van der Waals surface area contributed by atoms with Crippen molar-refractivity contribution in [3.63, 3.8) is 0 Å². The van der Waals surface area contributed by atoms with Crippen molar-refractivity contribution in [3.8, 4) is 11.5 Å². The molecule has 0 saturated heterocycles. The largest absolute Gasteiger partial charge is 0.454 e. The van der Waals surface area contributed by atoms with Crippen molar-refractivity contribution < 1.29 is 18.8 Å². The molecule has 0 fully saturated rings. The average molecular weight is 357 g/mol. The predicted molar refractivity (Wildman–Crippen MR) is 100 cm³/mol. The SMILES string of the molecule is CCCCCCCCS(=O)C(C)Cc1ccc2c(c1)OCO2.CO. The topological polar surface area (TPSA) is 55.8 Å². The van der Waals surface area contributed by atoms with Crippen LogP contribution in [-0.4, -0.2) is 34.2 Å². The fraction of sp³-hybridized carbons (Fsp3) is 0.684. The highest BCUT2D eigenvalue weighted by Gasteiger charge is 2.16. The van der Waals surface area contributed by atoms with E-state index < -0.39 is 10.8 Å². The van der Waals surface area contributed by atoms with Gasteiger partial charge in [-0.2, -0.15) is 0 Å². The van der Waals surface area contributed by atoms with Crippen molar-refractivity contribution in [2.24, 2.45) is 0 Å². The number of aliphatic hydroxyl groups excluding tert-OH is 1. The number of benzene rings is 1. The Hall–Kier alpha value is -1.07. The van der Waals surface area contributed by atoms with Crippen molar-refractivity contribution in [1.29, 1.82) is 0 Å². The molecule has 0 bridgehead atoms. The average Bonchev–Trinajstić information content (AvgIpc) is 3.07. The van der Waals surface area contributed by atoms with E-state index in [9.17, 15) is 4.21 Å². The highest BCUT2D eigenvalue weighted by atomic mass is 32.2. The van der Waals surface area contributed by atoms with Gasteiger partial charge in [-0.3, -0.25) is 4.21 Å². The van der Waals surface area contributed by atoms with E-state index in [2.05, 4.69) is 13.8 Å². The van der Waals surface area contributed by atoms with Crippen LogP contribution < -0.4 is 9.47 Å². The first-order valence-corrected chi connectivity index (χ1v) is 10.3. The van der Waals surface area contributed by atoms with Crippen molar-refractivity contribution in [2.75, 3.05) is 19.7 Å². The third kappa shape index (κ3) is 7.22. The lowest BCUT2D eigenvalue weighted by Crippen LogP contribution is -2.16. The van der Waals surface area contributed by atoms with Gasteiger partial charge in [-0.15, -0.1) is 0 Å². The number of rotatable bonds is 10. The van der Waals surface area contributed by atoms with Crippen molar-refractivity contribution in [1.82, 2.24) is 0 Å². The lowest BCUT2D eigenvalue weighted by atomic mass is 10.1. The highest BCUT2D eigenvalue weighted by Crippen LogP contribution is 2.33. The molecule has 0 radical (unpaired) electrons. The third-order valence-corrected chi connectivity index (χ3v) is 5.86. The monoisotopic (exact) mass is 356 g/mol. The van der Waals surface area contributed by atoms with E-state index in [1.165, 1.54) is 37.7 Å². The van der Waals surface area contributed by atoms with Gasteiger partial charge in [-0.1, -0.05) is 52.0 Å². The fourth-order valence-electron chi connectivity index (χ4n) is 2.72. The maximum Gasteiger partial charge on any atom is 0.231 e. The molecule has 0 amide bonds. The maximum absolute atomic E-state index is 12.3.